The molecule has 98 valence electrons. The van der Waals surface area contributed by atoms with Crippen LogP contribution in [-0.4, -0.2) is 36.0 Å². The smallest absolute Gasteiger partial charge is 0.222 e. The average Bonchev–Trinajstić information content (AvgIpc) is 2.23. The Balaban J connectivity index is 1.67. The molecular formula is C14H26N2O. The fourth-order valence-corrected chi connectivity index (χ4v) is 2.68. The van der Waals surface area contributed by atoms with Crippen LogP contribution in [0.3, 0.4) is 0 Å². The Bertz CT molecular complexity index is 253. The molecule has 0 radical (unpaired) electrons. The molecule has 1 N–H and O–H groups in total. The Morgan fingerprint density at radius 3 is 2.24 bits per heavy atom. The second kappa shape index (κ2) is 5.85. The third-order valence-electron chi connectivity index (χ3n) is 4.01. The molecule has 0 atom stereocenters. The monoisotopic (exact) mass is 238 g/mol. The number of likely N-dealkylation sites (tertiary alicyclic amines) is 1. The zero-order valence-corrected chi connectivity index (χ0v) is 11.2. The van der Waals surface area contributed by atoms with Crippen molar-refractivity contribution < 1.29 is 4.79 Å². The second-order valence-electron chi connectivity index (χ2n) is 6.05. The number of hydrogen-bond donors (Lipinski definition) is 1. The van der Waals surface area contributed by atoms with Crippen LogP contribution in [0.25, 0.3) is 0 Å². The topological polar surface area (TPSA) is 32.3 Å². The Morgan fingerprint density at radius 2 is 1.76 bits per heavy atom. The lowest BCUT2D eigenvalue weighted by molar-refractivity contribution is -0.133. The summed E-state index contributed by atoms with van der Waals surface area (Å²) in [7, 11) is 0. The van der Waals surface area contributed by atoms with Crippen molar-refractivity contribution in [3.05, 3.63) is 0 Å². The molecule has 3 nitrogen and oxygen atoms in total. The van der Waals surface area contributed by atoms with Crippen LogP contribution in [-0.2, 0) is 4.79 Å². The molecule has 1 saturated heterocycles. The molecule has 1 heterocycles. The quantitative estimate of drug-likeness (QED) is 0.814. The van der Waals surface area contributed by atoms with E-state index in [2.05, 4.69) is 24.1 Å². The van der Waals surface area contributed by atoms with E-state index < -0.39 is 0 Å². The van der Waals surface area contributed by atoms with Crippen molar-refractivity contribution in [1.29, 1.82) is 0 Å². The molecule has 0 spiro atoms. The van der Waals surface area contributed by atoms with Gasteiger partial charge in [-0.1, -0.05) is 20.3 Å². The van der Waals surface area contributed by atoms with Gasteiger partial charge in [-0.05, 0) is 31.6 Å². The lowest BCUT2D eigenvalue weighted by atomic mass is 9.91. The second-order valence-corrected chi connectivity index (χ2v) is 6.05. The van der Waals surface area contributed by atoms with Crippen molar-refractivity contribution in [1.82, 2.24) is 10.2 Å². The van der Waals surface area contributed by atoms with Gasteiger partial charge in [0.25, 0.3) is 0 Å². The molecule has 1 amide bonds. The van der Waals surface area contributed by atoms with E-state index in [9.17, 15) is 4.79 Å². The fraction of sp³-hybridized carbons (Fsp3) is 0.929. The number of carbonyl (C=O) groups excluding carboxylic acids is 1. The summed E-state index contributed by atoms with van der Waals surface area (Å²) in [5.41, 5.74) is 0. The molecule has 1 saturated carbocycles. The van der Waals surface area contributed by atoms with Crippen LogP contribution in [0.1, 0.15) is 52.4 Å². The first kappa shape index (κ1) is 12.9. The molecule has 17 heavy (non-hydrogen) atoms. The normalized spacial score (nSPS) is 22.9. The molecule has 1 aliphatic heterocycles. The fourth-order valence-electron chi connectivity index (χ4n) is 2.68. The van der Waals surface area contributed by atoms with Gasteiger partial charge in [0.2, 0.25) is 5.91 Å². The summed E-state index contributed by atoms with van der Waals surface area (Å²) in [5, 5.41) is 3.72. The highest BCUT2D eigenvalue weighted by atomic mass is 16.2. The van der Waals surface area contributed by atoms with Crippen LogP contribution in [0, 0.1) is 5.92 Å². The van der Waals surface area contributed by atoms with E-state index in [1.807, 2.05) is 0 Å². The molecular weight excluding hydrogens is 212 g/mol. The molecule has 2 fully saturated rings. The maximum Gasteiger partial charge on any atom is 0.222 e. The first-order valence-corrected chi connectivity index (χ1v) is 7.19. The first-order chi connectivity index (χ1) is 8.15. The maximum absolute atomic E-state index is 11.9. The van der Waals surface area contributed by atoms with E-state index in [0.717, 1.165) is 32.0 Å². The summed E-state index contributed by atoms with van der Waals surface area (Å²) < 4.78 is 0. The minimum Gasteiger partial charge on any atom is -0.343 e. The Labute approximate surface area is 105 Å². The van der Waals surface area contributed by atoms with Crippen molar-refractivity contribution in [2.45, 2.75) is 64.5 Å². The number of hydrogen-bond acceptors (Lipinski definition) is 2. The van der Waals surface area contributed by atoms with Crippen LogP contribution < -0.4 is 5.32 Å². The van der Waals surface area contributed by atoms with Crippen LogP contribution in [0.5, 0.6) is 0 Å². The van der Waals surface area contributed by atoms with Gasteiger partial charge < -0.3 is 10.2 Å². The summed E-state index contributed by atoms with van der Waals surface area (Å²) in [6.45, 7) is 6.14. The highest BCUT2D eigenvalue weighted by Gasteiger charge is 2.26. The largest absolute Gasteiger partial charge is 0.343 e. The molecule has 1 aliphatic carbocycles. The highest BCUT2D eigenvalue weighted by Crippen LogP contribution is 2.21. The van der Waals surface area contributed by atoms with E-state index in [1.165, 1.54) is 19.3 Å². The van der Waals surface area contributed by atoms with E-state index in [-0.39, 0.29) is 0 Å². The van der Waals surface area contributed by atoms with Crippen LogP contribution >= 0.6 is 0 Å². The SMILES string of the molecule is CC(C)CC(=O)N1CCC(NC2CCC2)CC1. The molecule has 0 bridgehead atoms. The van der Waals surface area contributed by atoms with Gasteiger partial charge >= 0.3 is 0 Å². The van der Waals surface area contributed by atoms with Gasteiger partial charge in [-0.25, -0.2) is 0 Å². The number of amides is 1. The zero-order chi connectivity index (χ0) is 12.3. The van der Waals surface area contributed by atoms with Crippen molar-refractivity contribution >= 4 is 5.91 Å². The van der Waals surface area contributed by atoms with E-state index >= 15 is 0 Å². The first-order valence-electron chi connectivity index (χ1n) is 7.19. The number of nitrogens with one attached hydrogen (secondary N) is 1. The van der Waals surface area contributed by atoms with Gasteiger partial charge in [0.1, 0.15) is 0 Å². The van der Waals surface area contributed by atoms with Crippen molar-refractivity contribution in [2.75, 3.05) is 13.1 Å². The van der Waals surface area contributed by atoms with Gasteiger partial charge in [-0.2, -0.15) is 0 Å². The average molecular weight is 238 g/mol. The van der Waals surface area contributed by atoms with Crippen molar-refractivity contribution in [3.8, 4) is 0 Å². The number of rotatable bonds is 4. The lowest BCUT2D eigenvalue weighted by Gasteiger charge is -2.37. The van der Waals surface area contributed by atoms with E-state index in [1.54, 1.807) is 0 Å². The summed E-state index contributed by atoms with van der Waals surface area (Å²) in [6.07, 6.45) is 7.09. The molecule has 2 aliphatic rings. The summed E-state index contributed by atoms with van der Waals surface area (Å²) in [6, 6.07) is 1.43. The van der Waals surface area contributed by atoms with Gasteiger partial charge in [-0.3, -0.25) is 4.79 Å². The van der Waals surface area contributed by atoms with Crippen LogP contribution in [0.4, 0.5) is 0 Å². The Hall–Kier alpha value is -0.570. The highest BCUT2D eigenvalue weighted by molar-refractivity contribution is 5.76. The van der Waals surface area contributed by atoms with Gasteiger partial charge in [0.15, 0.2) is 0 Å². The molecule has 0 aromatic heterocycles. The minimum absolute atomic E-state index is 0.349. The summed E-state index contributed by atoms with van der Waals surface area (Å²) in [4.78, 5) is 14.0. The van der Waals surface area contributed by atoms with Gasteiger partial charge in [0.05, 0.1) is 0 Å². The third-order valence-corrected chi connectivity index (χ3v) is 4.01. The number of carbonyl (C=O) groups is 1. The Kier molecular flexibility index (Phi) is 4.43. The minimum atomic E-state index is 0.349. The van der Waals surface area contributed by atoms with Gasteiger partial charge in [-0.15, -0.1) is 0 Å². The van der Waals surface area contributed by atoms with Crippen molar-refractivity contribution in [3.63, 3.8) is 0 Å². The molecule has 3 heteroatoms. The lowest BCUT2D eigenvalue weighted by Crippen LogP contribution is -2.49. The molecule has 2 rings (SSSR count). The number of nitrogens with zero attached hydrogens (tertiary/aromatic N) is 1. The van der Waals surface area contributed by atoms with E-state index in [4.69, 9.17) is 0 Å². The summed E-state index contributed by atoms with van der Waals surface area (Å²) >= 11 is 0. The molecule has 0 aromatic carbocycles. The van der Waals surface area contributed by atoms with Crippen molar-refractivity contribution in [2.24, 2.45) is 5.92 Å². The van der Waals surface area contributed by atoms with E-state index in [0.29, 0.717) is 24.3 Å². The van der Waals surface area contributed by atoms with Gasteiger partial charge in [0, 0.05) is 31.6 Å². The maximum atomic E-state index is 11.9. The predicted molar refractivity (Wildman–Crippen MR) is 69.8 cm³/mol. The number of piperidine rings is 1. The zero-order valence-electron chi connectivity index (χ0n) is 11.2. The standard InChI is InChI=1S/C14H26N2O/c1-11(2)10-14(17)16-8-6-13(7-9-16)15-12-4-3-5-12/h11-13,15H,3-10H2,1-2H3. The van der Waals surface area contributed by atoms with Crippen LogP contribution in [0.15, 0.2) is 0 Å². The summed E-state index contributed by atoms with van der Waals surface area (Å²) in [5.74, 6) is 0.829. The van der Waals surface area contributed by atoms with Crippen LogP contribution in [0.2, 0.25) is 0 Å². The third kappa shape index (κ3) is 3.70. The predicted octanol–water partition coefficient (Wildman–Crippen LogP) is 2.17. The Morgan fingerprint density at radius 1 is 1.18 bits per heavy atom. The molecule has 0 unspecified atom stereocenters. The molecule has 0 aromatic rings.